The Kier molecular flexibility index (Phi) is 10.6. The molecule has 0 saturated carbocycles. The molecule has 0 unspecified atom stereocenters. The first-order chi connectivity index (χ1) is 10.1. The van der Waals surface area contributed by atoms with Gasteiger partial charge in [-0.1, -0.05) is 6.07 Å². The van der Waals surface area contributed by atoms with Gasteiger partial charge in [-0.05, 0) is 24.7 Å². The first-order valence-electron chi connectivity index (χ1n) is 5.39. The monoisotopic (exact) mass is 379 g/mol. The molecule has 23 heavy (non-hydrogen) atoms. The lowest BCUT2D eigenvalue weighted by molar-refractivity contribution is 0.177. The lowest BCUT2D eigenvalue weighted by atomic mass is 10.1. The van der Waals surface area contributed by atoms with Crippen molar-refractivity contribution in [1.82, 2.24) is 5.32 Å². The van der Waals surface area contributed by atoms with E-state index in [0.717, 1.165) is 0 Å². The molecule has 0 amide bonds. The van der Waals surface area contributed by atoms with E-state index in [4.69, 9.17) is 45.3 Å². The fourth-order valence-electron chi connectivity index (χ4n) is 1.06. The Labute approximate surface area is 132 Å². The predicted molar refractivity (Wildman–Crippen MR) is 77.0 cm³/mol. The van der Waals surface area contributed by atoms with E-state index in [2.05, 4.69) is 5.32 Å². The van der Waals surface area contributed by atoms with Crippen LogP contribution in [0, 0.1) is 0 Å². The fourth-order valence-corrected chi connectivity index (χ4v) is 1.06. The smallest absolute Gasteiger partial charge is 0.394 e. The van der Waals surface area contributed by atoms with Crippen molar-refractivity contribution in [2.24, 2.45) is 0 Å². The number of hydrogen-bond donors (Lipinski definition) is 8. The zero-order valence-electron chi connectivity index (χ0n) is 11.6. The molecule has 1 atom stereocenters. The minimum absolute atomic E-state index is 0.180. The van der Waals surface area contributed by atoms with Crippen molar-refractivity contribution in [2.45, 2.75) is 6.10 Å². The number of nitrogens with one attached hydrogen (secondary N) is 1. The highest BCUT2D eigenvalue weighted by Gasteiger charge is 2.08. The van der Waals surface area contributed by atoms with Crippen molar-refractivity contribution in [3.05, 3.63) is 23.8 Å². The standard InChI is InChI=1S/C9H13NO3.2H2O4S/c1-10-5-9(13)6-2-3-7(11)8(12)4-6;2*1-5(2,3)4/h2-4,9-13H,5H2,1H3;2*(H2,1,2,3,4)/t9-;;/m0../s1. The molecule has 0 heterocycles. The largest absolute Gasteiger partial charge is 0.504 e. The zero-order valence-corrected chi connectivity index (χ0v) is 13.2. The Bertz CT molecular complexity index is 625. The highest BCUT2D eigenvalue weighted by molar-refractivity contribution is 7.80. The van der Waals surface area contributed by atoms with Crippen molar-refractivity contribution < 1.29 is 50.4 Å². The van der Waals surface area contributed by atoms with Crippen molar-refractivity contribution in [3.8, 4) is 11.5 Å². The van der Waals surface area contributed by atoms with E-state index >= 15 is 0 Å². The van der Waals surface area contributed by atoms with Crippen LogP contribution in [0.25, 0.3) is 0 Å². The lowest BCUT2D eigenvalue weighted by Crippen LogP contribution is -2.16. The van der Waals surface area contributed by atoms with Crippen LogP contribution < -0.4 is 5.32 Å². The summed E-state index contributed by atoms with van der Waals surface area (Å²) in [6.45, 7) is 0.407. The molecule has 0 saturated heterocycles. The average molecular weight is 379 g/mol. The summed E-state index contributed by atoms with van der Waals surface area (Å²) >= 11 is 0. The highest BCUT2D eigenvalue weighted by atomic mass is 32.3. The maximum atomic E-state index is 9.48. The third-order valence-corrected chi connectivity index (χ3v) is 1.78. The predicted octanol–water partition coefficient (Wildman–Crippen LogP) is -0.955. The molecule has 8 N–H and O–H groups in total. The molecule has 14 heteroatoms. The van der Waals surface area contributed by atoms with Crippen LogP contribution in [0.3, 0.4) is 0 Å². The van der Waals surface area contributed by atoms with Crippen molar-refractivity contribution in [1.29, 1.82) is 0 Å². The van der Waals surface area contributed by atoms with E-state index in [0.29, 0.717) is 12.1 Å². The van der Waals surface area contributed by atoms with E-state index < -0.39 is 26.9 Å². The first kappa shape index (κ1) is 23.7. The fraction of sp³-hybridized carbons (Fsp3) is 0.333. The molecule has 0 aliphatic rings. The van der Waals surface area contributed by atoms with Gasteiger partial charge in [0.25, 0.3) is 0 Å². The number of aliphatic hydroxyl groups is 1. The Morgan fingerprint density at radius 3 is 1.65 bits per heavy atom. The number of aromatic hydroxyl groups is 2. The summed E-state index contributed by atoms with van der Waals surface area (Å²) in [6.07, 6.45) is -0.670. The molecule has 1 rings (SSSR count). The van der Waals surface area contributed by atoms with Crippen LogP contribution in [-0.4, -0.2) is 64.0 Å². The Morgan fingerprint density at radius 1 is 0.957 bits per heavy atom. The van der Waals surface area contributed by atoms with Crippen LogP contribution in [0.4, 0.5) is 0 Å². The summed E-state index contributed by atoms with van der Waals surface area (Å²) in [5, 5.41) is 30.4. The first-order valence-corrected chi connectivity index (χ1v) is 8.18. The molecule has 0 spiro atoms. The minimum atomic E-state index is -4.67. The van der Waals surface area contributed by atoms with Gasteiger partial charge in [-0.3, -0.25) is 18.2 Å². The van der Waals surface area contributed by atoms with Crippen LogP contribution in [0.15, 0.2) is 18.2 Å². The van der Waals surface area contributed by atoms with Crippen LogP contribution in [-0.2, 0) is 20.8 Å². The number of rotatable bonds is 3. The van der Waals surface area contributed by atoms with E-state index in [1.165, 1.54) is 12.1 Å². The van der Waals surface area contributed by atoms with Gasteiger partial charge in [0.2, 0.25) is 0 Å². The molecule has 0 aliphatic carbocycles. The highest BCUT2D eigenvalue weighted by Crippen LogP contribution is 2.27. The van der Waals surface area contributed by atoms with Gasteiger partial charge in [-0.15, -0.1) is 0 Å². The molecule has 1 aromatic rings. The molecule has 136 valence electrons. The van der Waals surface area contributed by atoms with E-state index in [1.54, 1.807) is 13.1 Å². The van der Waals surface area contributed by atoms with Crippen molar-refractivity contribution >= 4 is 20.8 Å². The Balaban J connectivity index is 0. The summed E-state index contributed by atoms with van der Waals surface area (Å²) in [7, 11) is -7.61. The van der Waals surface area contributed by atoms with Gasteiger partial charge in [-0.2, -0.15) is 16.8 Å². The van der Waals surface area contributed by atoms with E-state index in [1.807, 2.05) is 0 Å². The Hall–Kier alpha value is -1.52. The molecule has 1 aromatic carbocycles. The third-order valence-electron chi connectivity index (χ3n) is 1.78. The van der Waals surface area contributed by atoms with Gasteiger partial charge in [0.15, 0.2) is 11.5 Å². The minimum Gasteiger partial charge on any atom is -0.504 e. The van der Waals surface area contributed by atoms with E-state index in [9.17, 15) is 5.11 Å². The topological polar surface area (TPSA) is 222 Å². The summed E-state index contributed by atoms with van der Waals surface area (Å²) in [5.74, 6) is -0.395. The molecule has 0 bridgehead atoms. The number of aliphatic hydroxyl groups excluding tert-OH is 1. The molecule has 0 aromatic heterocycles. The summed E-state index contributed by atoms with van der Waals surface area (Å²) in [6, 6.07) is 4.26. The van der Waals surface area contributed by atoms with Gasteiger partial charge in [-0.25, -0.2) is 0 Å². The Morgan fingerprint density at radius 2 is 1.35 bits per heavy atom. The van der Waals surface area contributed by atoms with Crippen LogP contribution in [0.5, 0.6) is 11.5 Å². The molecule has 12 nitrogen and oxygen atoms in total. The molecule has 0 fully saturated rings. The maximum absolute atomic E-state index is 9.48. The summed E-state index contributed by atoms with van der Waals surface area (Å²) < 4.78 is 63.2. The van der Waals surface area contributed by atoms with Gasteiger partial charge in [0.1, 0.15) is 0 Å². The summed E-state index contributed by atoms with van der Waals surface area (Å²) in [5.41, 5.74) is 0.574. The van der Waals surface area contributed by atoms with Gasteiger partial charge in [0.05, 0.1) is 6.10 Å². The lowest BCUT2D eigenvalue weighted by Gasteiger charge is -2.10. The second-order valence-electron chi connectivity index (χ2n) is 3.72. The second-order valence-corrected chi connectivity index (χ2v) is 5.51. The van der Waals surface area contributed by atoms with Crippen LogP contribution >= 0.6 is 0 Å². The molecule has 0 radical (unpaired) electrons. The summed E-state index contributed by atoms with van der Waals surface area (Å²) in [4.78, 5) is 0. The maximum Gasteiger partial charge on any atom is 0.394 e. The zero-order chi connectivity index (χ0) is 18.8. The molecular weight excluding hydrogens is 362 g/mol. The number of likely N-dealkylation sites (N-methyl/N-ethyl adjacent to an activating group) is 1. The van der Waals surface area contributed by atoms with E-state index in [-0.39, 0.29) is 11.5 Å². The molecular formula is C9H17NO11S2. The number of hydrogen-bond acceptors (Lipinski definition) is 8. The SMILES string of the molecule is CNC[C@H](O)c1ccc(O)c(O)c1.O=S(=O)(O)O.O=S(=O)(O)O. The number of phenols is 2. The number of benzene rings is 1. The van der Waals surface area contributed by atoms with Crippen LogP contribution in [0.2, 0.25) is 0 Å². The number of phenolic OH excluding ortho intramolecular Hbond substituents is 2. The second kappa shape index (κ2) is 10.3. The van der Waals surface area contributed by atoms with Gasteiger partial charge < -0.3 is 20.6 Å². The van der Waals surface area contributed by atoms with Crippen molar-refractivity contribution in [2.75, 3.05) is 13.6 Å². The molecule has 0 aliphatic heterocycles. The normalized spacial score (nSPS) is 12.3. The van der Waals surface area contributed by atoms with Crippen molar-refractivity contribution in [3.63, 3.8) is 0 Å². The van der Waals surface area contributed by atoms with Gasteiger partial charge in [0, 0.05) is 6.54 Å². The third kappa shape index (κ3) is 20.5. The van der Waals surface area contributed by atoms with Gasteiger partial charge >= 0.3 is 20.8 Å². The average Bonchev–Trinajstić information content (AvgIpc) is 2.28. The van der Waals surface area contributed by atoms with Crippen LogP contribution in [0.1, 0.15) is 11.7 Å². The quantitative estimate of drug-likeness (QED) is 0.235.